The molecule has 178 valence electrons. The van der Waals surface area contributed by atoms with Crippen LogP contribution in [0.1, 0.15) is 52.5 Å². The van der Waals surface area contributed by atoms with E-state index in [1.165, 1.54) is 9.80 Å². The second-order valence-corrected chi connectivity index (χ2v) is 10.2. The minimum Gasteiger partial charge on any atom is -0.350 e. The first-order valence-corrected chi connectivity index (χ1v) is 11.7. The molecule has 1 aliphatic heterocycles. The van der Waals surface area contributed by atoms with Crippen molar-refractivity contribution in [3.63, 3.8) is 0 Å². The highest BCUT2D eigenvalue weighted by Crippen LogP contribution is 2.35. The largest absolute Gasteiger partial charge is 0.350 e. The third-order valence-corrected chi connectivity index (χ3v) is 6.48. The Morgan fingerprint density at radius 3 is 2.24 bits per heavy atom. The summed E-state index contributed by atoms with van der Waals surface area (Å²) in [5.41, 5.74) is 0.261. The number of imide groups is 1. The molecule has 1 saturated heterocycles. The minimum atomic E-state index is -0.759. The molecule has 33 heavy (non-hydrogen) atoms. The monoisotopic (exact) mass is 473 g/mol. The molecule has 1 aliphatic carbocycles. The zero-order valence-electron chi connectivity index (χ0n) is 19.6. The molecular weight excluding hydrogens is 442 g/mol. The number of hydrogen-bond acceptors (Lipinski definition) is 4. The Labute approximate surface area is 200 Å². The van der Waals surface area contributed by atoms with E-state index in [0.717, 1.165) is 0 Å². The molecule has 0 radical (unpaired) electrons. The van der Waals surface area contributed by atoms with Gasteiger partial charge in [0.2, 0.25) is 23.6 Å². The topological polar surface area (TPSA) is 86.8 Å². The SMILES string of the molecule is C[C@@H](C(=O)NC(C)(C)C)N(Cc1ccccc1Cl)C(=O)CCN1C(=O)[C@H]2CC=CC[C@H]2C1=O. The van der Waals surface area contributed by atoms with Crippen LogP contribution in [-0.4, -0.2) is 51.6 Å². The van der Waals surface area contributed by atoms with E-state index in [2.05, 4.69) is 5.32 Å². The Bertz CT molecular complexity index is 943. The number of nitrogens with zero attached hydrogens (tertiary/aromatic N) is 2. The predicted octanol–water partition coefficient (Wildman–Crippen LogP) is 3.31. The van der Waals surface area contributed by atoms with Crippen LogP contribution in [0.2, 0.25) is 5.02 Å². The lowest BCUT2D eigenvalue weighted by molar-refractivity contribution is -0.144. The average molecular weight is 474 g/mol. The fourth-order valence-corrected chi connectivity index (χ4v) is 4.50. The number of amides is 4. The number of nitrogens with one attached hydrogen (secondary N) is 1. The third kappa shape index (κ3) is 5.82. The van der Waals surface area contributed by atoms with Gasteiger partial charge >= 0.3 is 0 Å². The van der Waals surface area contributed by atoms with E-state index in [1.807, 2.05) is 45.1 Å². The fraction of sp³-hybridized carbons (Fsp3) is 0.520. The maximum Gasteiger partial charge on any atom is 0.242 e. The Morgan fingerprint density at radius 2 is 1.70 bits per heavy atom. The fourth-order valence-electron chi connectivity index (χ4n) is 4.31. The molecule has 0 unspecified atom stereocenters. The summed E-state index contributed by atoms with van der Waals surface area (Å²) >= 11 is 6.31. The minimum absolute atomic E-state index is 0.0101. The Kier molecular flexibility index (Phi) is 7.62. The summed E-state index contributed by atoms with van der Waals surface area (Å²) in [6, 6.07) is 6.40. The van der Waals surface area contributed by atoms with E-state index in [9.17, 15) is 19.2 Å². The van der Waals surface area contributed by atoms with Gasteiger partial charge in [-0.3, -0.25) is 24.1 Å². The number of rotatable bonds is 7. The molecule has 3 rings (SSSR count). The maximum absolute atomic E-state index is 13.3. The number of carbonyl (C=O) groups excluding carboxylic acids is 4. The summed E-state index contributed by atoms with van der Waals surface area (Å²) in [6.07, 6.45) is 4.93. The van der Waals surface area contributed by atoms with Crippen molar-refractivity contribution in [2.24, 2.45) is 11.8 Å². The van der Waals surface area contributed by atoms with E-state index >= 15 is 0 Å². The van der Waals surface area contributed by atoms with Crippen molar-refractivity contribution in [3.05, 3.63) is 47.0 Å². The Morgan fingerprint density at radius 1 is 1.12 bits per heavy atom. The van der Waals surface area contributed by atoms with Crippen molar-refractivity contribution in [1.29, 1.82) is 0 Å². The van der Waals surface area contributed by atoms with Crippen LogP contribution < -0.4 is 5.32 Å². The Balaban J connectivity index is 1.74. The van der Waals surface area contributed by atoms with Crippen LogP contribution in [-0.2, 0) is 25.7 Å². The quantitative estimate of drug-likeness (QED) is 0.486. The molecule has 3 atom stereocenters. The van der Waals surface area contributed by atoms with Crippen LogP contribution >= 0.6 is 11.6 Å². The molecule has 0 spiro atoms. The van der Waals surface area contributed by atoms with Gasteiger partial charge in [-0.15, -0.1) is 0 Å². The highest BCUT2D eigenvalue weighted by molar-refractivity contribution is 6.31. The number of halogens is 1. The second kappa shape index (κ2) is 10.1. The molecule has 2 aliphatic rings. The number of allylic oxidation sites excluding steroid dienone is 2. The van der Waals surface area contributed by atoms with E-state index < -0.39 is 11.6 Å². The van der Waals surface area contributed by atoms with Gasteiger partial charge in [0.1, 0.15) is 6.04 Å². The standard InChI is InChI=1S/C25H32ClN3O4/c1-16(22(31)27-25(2,3)4)29(15-17-9-5-8-12-20(17)26)21(30)13-14-28-23(32)18-10-6-7-11-19(18)24(28)33/h5-9,12,16,18-19H,10-11,13-15H2,1-4H3,(H,27,31)/t16-,18-,19+/m0/s1. The summed E-state index contributed by atoms with van der Waals surface area (Å²) < 4.78 is 0. The van der Waals surface area contributed by atoms with Gasteiger partial charge in [0.05, 0.1) is 11.8 Å². The normalized spacial score (nSPS) is 21.1. The maximum atomic E-state index is 13.3. The first-order valence-electron chi connectivity index (χ1n) is 11.3. The lowest BCUT2D eigenvalue weighted by Crippen LogP contribution is -2.52. The number of hydrogen-bond donors (Lipinski definition) is 1. The summed E-state index contributed by atoms with van der Waals surface area (Å²) in [6.45, 7) is 7.44. The summed E-state index contributed by atoms with van der Waals surface area (Å²) in [5, 5.41) is 3.41. The van der Waals surface area contributed by atoms with Gasteiger partial charge in [0.15, 0.2) is 0 Å². The highest BCUT2D eigenvalue weighted by atomic mass is 35.5. The molecule has 1 aromatic rings. The number of fused-ring (bicyclic) bond motifs is 1. The third-order valence-electron chi connectivity index (χ3n) is 6.11. The Hall–Kier alpha value is -2.67. The molecule has 4 amide bonds. The smallest absolute Gasteiger partial charge is 0.242 e. The first-order chi connectivity index (χ1) is 15.5. The van der Waals surface area contributed by atoms with E-state index in [-0.39, 0.29) is 55.0 Å². The van der Waals surface area contributed by atoms with Crippen LogP contribution in [0.15, 0.2) is 36.4 Å². The summed E-state index contributed by atoms with van der Waals surface area (Å²) in [4.78, 5) is 54.3. The summed E-state index contributed by atoms with van der Waals surface area (Å²) in [7, 11) is 0. The van der Waals surface area contributed by atoms with E-state index in [1.54, 1.807) is 19.1 Å². The van der Waals surface area contributed by atoms with Crippen molar-refractivity contribution >= 4 is 35.2 Å². The zero-order chi connectivity index (χ0) is 24.3. The van der Waals surface area contributed by atoms with Gasteiger partial charge < -0.3 is 10.2 Å². The van der Waals surface area contributed by atoms with Crippen LogP contribution in [0.4, 0.5) is 0 Å². The molecule has 0 aromatic heterocycles. The van der Waals surface area contributed by atoms with Crippen LogP contribution in [0.5, 0.6) is 0 Å². The van der Waals surface area contributed by atoms with Crippen molar-refractivity contribution in [2.75, 3.05) is 6.54 Å². The van der Waals surface area contributed by atoms with Crippen molar-refractivity contribution in [2.45, 2.75) is 65.1 Å². The lowest BCUT2D eigenvalue weighted by atomic mass is 9.85. The molecule has 1 heterocycles. The van der Waals surface area contributed by atoms with Gasteiger partial charge in [0, 0.05) is 30.1 Å². The molecule has 8 heteroatoms. The second-order valence-electron chi connectivity index (χ2n) is 9.76. The van der Waals surface area contributed by atoms with Gasteiger partial charge in [-0.05, 0) is 52.2 Å². The van der Waals surface area contributed by atoms with Crippen molar-refractivity contribution in [1.82, 2.24) is 15.1 Å². The van der Waals surface area contributed by atoms with Gasteiger partial charge in [-0.25, -0.2) is 0 Å². The first kappa shape index (κ1) is 25.0. The zero-order valence-corrected chi connectivity index (χ0v) is 20.4. The molecule has 0 bridgehead atoms. The molecular formula is C25H32ClN3O4. The predicted molar refractivity (Wildman–Crippen MR) is 126 cm³/mol. The number of benzene rings is 1. The van der Waals surface area contributed by atoms with Crippen molar-refractivity contribution < 1.29 is 19.2 Å². The highest BCUT2D eigenvalue weighted by Gasteiger charge is 2.47. The number of carbonyl (C=O) groups is 4. The molecule has 7 nitrogen and oxygen atoms in total. The average Bonchev–Trinajstić information content (AvgIpc) is 3.00. The van der Waals surface area contributed by atoms with Gasteiger partial charge in [0.25, 0.3) is 0 Å². The van der Waals surface area contributed by atoms with E-state index in [4.69, 9.17) is 11.6 Å². The van der Waals surface area contributed by atoms with Crippen LogP contribution in [0, 0.1) is 11.8 Å². The molecule has 0 saturated carbocycles. The van der Waals surface area contributed by atoms with Crippen LogP contribution in [0.3, 0.4) is 0 Å². The van der Waals surface area contributed by atoms with E-state index in [0.29, 0.717) is 23.4 Å². The molecule has 1 N–H and O–H groups in total. The summed E-state index contributed by atoms with van der Waals surface area (Å²) in [5.74, 6) is -1.67. The molecule has 1 fully saturated rings. The molecule has 1 aromatic carbocycles. The van der Waals surface area contributed by atoms with Crippen LogP contribution in [0.25, 0.3) is 0 Å². The lowest BCUT2D eigenvalue weighted by Gasteiger charge is -2.32. The van der Waals surface area contributed by atoms with Gasteiger partial charge in [-0.2, -0.15) is 0 Å². The van der Waals surface area contributed by atoms with Gasteiger partial charge in [-0.1, -0.05) is 42.0 Å². The number of likely N-dealkylation sites (tertiary alicyclic amines) is 1. The van der Waals surface area contributed by atoms with Crippen molar-refractivity contribution in [3.8, 4) is 0 Å².